The number of halogens is 1. The summed E-state index contributed by atoms with van der Waals surface area (Å²) < 4.78 is 12.4. The van der Waals surface area contributed by atoms with E-state index >= 15 is 0 Å². The van der Waals surface area contributed by atoms with E-state index in [1.807, 2.05) is 0 Å². The van der Waals surface area contributed by atoms with E-state index in [9.17, 15) is 0 Å². The maximum Gasteiger partial charge on any atom is 0.126 e. The van der Waals surface area contributed by atoms with E-state index in [1.54, 1.807) is 14.2 Å². The van der Waals surface area contributed by atoms with Crippen LogP contribution in [-0.4, -0.2) is 19.8 Å². The molecule has 4 heteroatoms. The molecule has 112 valence electrons. The molecule has 1 aromatic rings. The maximum absolute atomic E-state index is 6.50. The van der Waals surface area contributed by atoms with Crippen molar-refractivity contribution < 1.29 is 9.47 Å². The number of ether oxygens (including phenoxy) is 2. The SMILES string of the molecule is COc1c(C)cc(Br)c(C)c1C(N)CC1(OC)CCC1. The smallest absolute Gasteiger partial charge is 0.126 e. The summed E-state index contributed by atoms with van der Waals surface area (Å²) in [7, 11) is 3.50. The number of aryl methyl sites for hydroxylation is 1. The van der Waals surface area contributed by atoms with Gasteiger partial charge in [0.1, 0.15) is 5.75 Å². The molecule has 1 unspecified atom stereocenters. The monoisotopic (exact) mass is 341 g/mol. The van der Waals surface area contributed by atoms with Crippen molar-refractivity contribution in [2.45, 2.75) is 51.2 Å². The Kier molecular flexibility index (Phi) is 4.77. The predicted octanol–water partition coefficient (Wildman–Crippen LogP) is 4.03. The number of methoxy groups -OCH3 is 2. The van der Waals surface area contributed by atoms with Crippen molar-refractivity contribution in [2.24, 2.45) is 5.73 Å². The summed E-state index contributed by atoms with van der Waals surface area (Å²) in [5, 5.41) is 0. The standard InChI is InChI=1S/C16H24BrNO2/c1-10-8-12(17)11(2)14(15(10)19-3)13(18)9-16(20-4)6-5-7-16/h8,13H,5-7,9,18H2,1-4H3. The molecule has 2 N–H and O–H groups in total. The van der Waals surface area contributed by atoms with Crippen LogP contribution < -0.4 is 10.5 Å². The predicted molar refractivity (Wildman–Crippen MR) is 85.3 cm³/mol. The Bertz CT molecular complexity index is 492. The van der Waals surface area contributed by atoms with Crippen molar-refractivity contribution in [3.63, 3.8) is 0 Å². The Labute approximate surface area is 130 Å². The molecular weight excluding hydrogens is 318 g/mol. The molecule has 0 aliphatic heterocycles. The molecule has 1 saturated carbocycles. The molecule has 0 heterocycles. The molecule has 1 aliphatic rings. The van der Waals surface area contributed by atoms with Crippen molar-refractivity contribution in [3.8, 4) is 5.75 Å². The van der Waals surface area contributed by atoms with Gasteiger partial charge >= 0.3 is 0 Å². The second-order valence-corrected chi connectivity index (χ2v) is 6.65. The zero-order valence-corrected chi connectivity index (χ0v) is 14.3. The summed E-state index contributed by atoms with van der Waals surface area (Å²) in [6.07, 6.45) is 4.28. The summed E-state index contributed by atoms with van der Waals surface area (Å²) in [5.41, 5.74) is 9.83. The van der Waals surface area contributed by atoms with Gasteiger partial charge in [-0.05, 0) is 56.7 Å². The third kappa shape index (κ3) is 2.74. The van der Waals surface area contributed by atoms with Crippen LogP contribution in [0.3, 0.4) is 0 Å². The van der Waals surface area contributed by atoms with Gasteiger partial charge in [0, 0.05) is 23.2 Å². The van der Waals surface area contributed by atoms with Gasteiger partial charge in [0.05, 0.1) is 12.7 Å². The Morgan fingerprint density at radius 1 is 1.35 bits per heavy atom. The highest BCUT2D eigenvalue weighted by atomic mass is 79.9. The third-order valence-electron chi connectivity index (χ3n) is 4.57. The molecule has 1 atom stereocenters. The van der Waals surface area contributed by atoms with Gasteiger partial charge in [0.2, 0.25) is 0 Å². The minimum absolute atomic E-state index is 0.0346. The second-order valence-electron chi connectivity index (χ2n) is 5.80. The molecule has 1 aliphatic carbocycles. The van der Waals surface area contributed by atoms with E-state index < -0.39 is 0 Å². The van der Waals surface area contributed by atoms with Gasteiger partial charge in [-0.2, -0.15) is 0 Å². The lowest BCUT2D eigenvalue weighted by Gasteiger charge is -2.42. The molecule has 3 nitrogen and oxygen atoms in total. The molecule has 2 rings (SSSR count). The average molecular weight is 342 g/mol. The topological polar surface area (TPSA) is 44.5 Å². The van der Waals surface area contributed by atoms with E-state index in [4.69, 9.17) is 15.2 Å². The minimum atomic E-state index is -0.0681. The molecule has 20 heavy (non-hydrogen) atoms. The van der Waals surface area contributed by atoms with Gasteiger partial charge in [-0.25, -0.2) is 0 Å². The molecule has 0 saturated heterocycles. The molecule has 1 aromatic carbocycles. The number of hydrogen-bond donors (Lipinski definition) is 1. The zero-order chi connectivity index (χ0) is 14.9. The van der Waals surface area contributed by atoms with Gasteiger partial charge in [-0.3, -0.25) is 0 Å². The highest BCUT2D eigenvalue weighted by Gasteiger charge is 2.39. The summed E-state index contributed by atoms with van der Waals surface area (Å²) in [6.45, 7) is 4.14. The van der Waals surface area contributed by atoms with Crippen LogP contribution in [-0.2, 0) is 4.74 Å². The van der Waals surface area contributed by atoms with E-state index in [1.165, 1.54) is 6.42 Å². The maximum atomic E-state index is 6.50. The lowest BCUT2D eigenvalue weighted by Crippen LogP contribution is -2.42. The molecule has 0 spiro atoms. The van der Waals surface area contributed by atoms with Gasteiger partial charge < -0.3 is 15.2 Å². The van der Waals surface area contributed by atoms with E-state index in [2.05, 4.69) is 35.8 Å². The normalized spacial score (nSPS) is 18.5. The number of rotatable bonds is 5. The van der Waals surface area contributed by atoms with Crippen molar-refractivity contribution in [1.82, 2.24) is 0 Å². The highest BCUT2D eigenvalue weighted by molar-refractivity contribution is 9.10. The molecule has 0 radical (unpaired) electrons. The fraction of sp³-hybridized carbons (Fsp3) is 0.625. The first-order valence-electron chi connectivity index (χ1n) is 7.08. The lowest BCUT2D eigenvalue weighted by molar-refractivity contribution is -0.0818. The Morgan fingerprint density at radius 2 is 2.00 bits per heavy atom. The first-order chi connectivity index (χ1) is 9.44. The zero-order valence-electron chi connectivity index (χ0n) is 12.8. The summed E-state index contributed by atoms with van der Waals surface area (Å²) in [5.74, 6) is 0.906. The van der Waals surface area contributed by atoms with Crippen LogP contribution in [0.25, 0.3) is 0 Å². The number of hydrogen-bond acceptors (Lipinski definition) is 3. The minimum Gasteiger partial charge on any atom is -0.496 e. The second kappa shape index (κ2) is 6.04. The molecule has 1 fully saturated rings. The summed E-state index contributed by atoms with van der Waals surface area (Å²) >= 11 is 3.61. The van der Waals surface area contributed by atoms with Crippen molar-refractivity contribution >= 4 is 15.9 Å². The van der Waals surface area contributed by atoms with E-state index in [0.29, 0.717) is 0 Å². The highest BCUT2D eigenvalue weighted by Crippen LogP contribution is 2.44. The van der Waals surface area contributed by atoms with Gasteiger partial charge in [-0.15, -0.1) is 0 Å². The van der Waals surface area contributed by atoms with Gasteiger partial charge in [0.15, 0.2) is 0 Å². The van der Waals surface area contributed by atoms with E-state index in [0.717, 1.165) is 46.2 Å². The van der Waals surface area contributed by atoms with Crippen molar-refractivity contribution in [2.75, 3.05) is 14.2 Å². The third-order valence-corrected chi connectivity index (χ3v) is 5.40. The first kappa shape index (κ1) is 15.8. The summed E-state index contributed by atoms with van der Waals surface area (Å²) in [4.78, 5) is 0. The Hall–Kier alpha value is -0.580. The van der Waals surface area contributed by atoms with Gasteiger partial charge in [0.25, 0.3) is 0 Å². The van der Waals surface area contributed by atoms with Crippen LogP contribution in [0.4, 0.5) is 0 Å². The van der Waals surface area contributed by atoms with Crippen LogP contribution in [0.15, 0.2) is 10.5 Å². The molecule has 0 amide bonds. The Morgan fingerprint density at radius 3 is 2.45 bits per heavy atom. The first-order valence-corrected chi connectivity index (χ1v) is 7.87. The van der Waals surface area contributed by atoms with Crippen LogP contribution in [0.5, 0.6) is 5.75 Å². The van der Waals surface area contributed by atoms with Crippen LogP contribution in [0.1, 0.15) is 48.4 Å². The van der Waals surface area contributed by atoms with E-state index in [-0.39, 0.29) is 11.6 Å². The van der Waals surface area contributed by atoms with Crippen molar-refractivity contribution in [1.29, 1.82) is 0 Å². The average Bonchev–Trinajstić information content (AvgIpc) is 2.37. The largest absolute Gasteiger partial charge is 0.496 e. The van der Waals surface area contributed by atoms with Crippen LogP contribution in [0, 0.1) is 13.8 Å². The van der Waals surface area contributed by atoms with Crippen LogP contribution >= 0.6 is 15.9 Å². The molecule has 0 aromatic heterocycles. The fourth-order valence-corrected chi connectivity index (χ4v) is 3.72. The van der Waals surface area contributed by atoms with Crippen molar-refractivity contribution in [3.05, 3.63) is 27.2 Å². The number of nitrogens with two attached hydrogens (primary N) is 1. The van der Waals surface area contributed by atoms with Crippen LogP contribution in [0.2, 0.25) is 0 Å². The number of benzene rings is 1. The summed E-state index contributed by atoms with van der Waals surface area (Å²) in [6, 6.07) is 2.02. The molecule has 0 bridgehead atoms. The molecular formula is C16H24BrNO2. The van der Waals surface area contributed by atoms with Gasteiger partial charge in [-0.1, -0.05) is 15.9 Å². The Balaban J connectivity index is 2.35. The fourth-order valence-electron chi connectivity index (χ4n) is 3.16. The quantitative estimate of drug-likeness (QED) is 0.879. The lowest BCUT2D eigenvalue weighted by atomic mass is 9.74.